The van der Waals surface area contributed by atoms with Gasteiger partial charge in [0.25, 0.3) is 5.69 Å². The summed E-state index contributed by atoms with van der Waals surface area (Å²) in [7, 11) is 1.23. The summed E-state index contributed by atoms with van der Waals surface area (Å²) in [6.07, 6.45) is -0.659. The number of non-ortho nitro benzene ring substituents is 1. The third kappa shape index (κ3) is 5.93. The summed E-state index contributed by atoms with van der Waals surface area (Å²) >= 11 is 0. The number of hydrogen-bond acceptors (Lipinski definition) is 6. The predicted octanol–water partition coefficient (Wildman–Crippen LogP) is 2.38. The molecule has 0 aromatic heterocycles. The van der Waals surface area contributed by atoms with Crippen molar-refractivity contribution in [1.82, 2.24) is 5.32 Å². The Kier molecular flexibility index (Phi) is 6.06. The normalized spacial score (nSPS) is 12.2. The smallest absolute Gasteiger partial charge is 0.407 e. The molecule has 0 saturated carbocycles. The Hall–Kier alpha value is -2.64. The van der Waals surface area contributed by atoms with Crippen LogP contribution in [0.3, 0.4) is 0 Å². The SMILES string of the molecule is COC(=O)C(CNC(=O)OC(C)(C)C)c1ccc([N+](=O)[O-])cc1. The number of amides is 1. The molecule has 0 saturated heterocycles. The number of methoxy groups -OCH3 is 1. The van der Waals surface area contributed by atoms with Crippen LogP contribution in [0.15, 0.2) is 24.3 Å². The topological polar surface area (TPSA) is 108 Å². The Labute approximate surface area is 133 Å². The second-order valence-electron chi connectivity index (χ2n) is 5.81. The zero-order valence-corrected chi connectivity index (χ0v) is 13.5. The molecular formula is C15H20N2O6. The number of ether oxygens (including phenoxy) is 2. The number of alkyl carbamates (subject to hydrolysis) is 1. The number of benzene rings is 1. The fourth-order valence-corrected chi connectivity index (χ4v) is 1.81. The number of rotatable bonds is 5. The van der Waals surface area contributed by atoms with Gasteiger partial charge in [0.15, 0.2) is 0 Å². The molecule has 0 radical (unpaired) electrons. The van der Waals surface area contributed by atoms with Crippen LogP contribution in [0.1, 0.15) is 32.3 Å². The maximum Gasteiger partial charge on any atom is 0.407 e. The Morgan fingerprint density at radius 1 is 1.26 bits per heavy atom. The van der Waals surface area contributed by atoms with Gasteiger partial charge in [-0.1, -0.05) is 12.1 Å². The number of hydrogen-bond donors (Lipinski definition) is 1. The molecule has 0 aliphatic rings. The minimum atomic E-state index is -0.784. The first-order chi connectivity index (χ1) is 10.6. The molecule has 1 rings (SSSR count). The van der Waals surface area contributed by atoms with Crippen molar-refractivity contribution in [2.45, 2.75) is 32.3 Å². The van der Waals surface area contributed by atoms with Crippen LogP contribution in [0.2, 0.25) is 0 Å². The predicted molar refractivity (Wildman–Crippen MR) is 82.1 cm³/mol. The first-order valence-corrected chi connectivity index (χ1v) is 6.93. The van der Waals surface area contributed by atoms with Crippen LogP contribution < -0.4 is 5.32 Å². The maximum absolute atomic E-state index is 11.9. The van der Waals surface area contributed by atoms with Gasteiger partial charge in [0.2, 0.25) is 0 Å². The van der Waals surface area contributed by atoms with Gasteiger partial charge in [-0.05, 0) is 26.3 Å². The standard InChI is InChI=1S/C15H20N2O6/c1-15(2,3)23-14(19)16-9-12(13(18)22-4)10-5-7-11(8-6-10)17(20)21/h5-8,12H,9H2,1-4H3,(H,16,19). The van der Waals surface area contributed by atoms with Crippen molar-refractivity contribution in [2.24, 2.45) is 0 Å². The Morgan fingerprint density at radius 3 is 2.26 bits per heavy atom. The summed E-state index contributed by atoms with van der Waals surface area (Å²) in [5.41, 5.74) is -0.242. The lowest BCUT2D eigenvalue weighted by Crippen LogP contribution is -2.36. The number of nitro groups is 1. The molecule has 0 fully saturated rings. The Bertz CT molecular complexity index is 577. The van der Waals surface area contributed by atoms with Crippen molar-refractivity contribution in [3.63, 3.8) is 0 Å². The molecule has 1 amide bonds. The molecule has 0 bridgehead atoms. The summed E-state index contributed by atoms with van der Waals surface area (Å²) < 4.78 is 9.81. The lowest BCUT2D eigenvalue weighted by Gasteiger charge is -2.21. The van der Waals surface area contributed by atoms with E-state index in [1.54, 1.807) is 20.8 Å². The number of esters is 1. The van der Waals surface area contributed by atoms with Crippen molar-refractivity contribution in [2.75, 3.05) is 13.7 Å². The third-order valence-electron chi connectivity index (χ3n) is 2.84. The van der Waals surface area contributed by atoms with E-state index in [2.05, 4.69) is 5.32 Å². The first kappa shape index (κ1) is 18.4. The van der Waals surface area contributed by atoms with Gasteiger partial charge in [-0.15, -0.1) is 0 Å². The van der Waals surface area contributed by atoms with Crippen molar-refractivity contribution >= 4 is 17.7 Å². The lowest BCUT2D eigenvalue weighted by atomic mass is 9.99. The second-order valence-corrected chi connectivity index (χ2v) is 5.81. The van der Waals surface area contributed by atoms with Gasteiger partial charge in [-0.25, -0.2) is 4.79 Å². The van der Waals surface area contributed by atoms with E-state index in [-0.39, 0.29) is 12.2 Å². The molecule has 1 atom stereocenters. The highest BCUT2D eigenvalue weighted by Gasteiger charge is 2.24. The quantitative estimate of drug-likeness (QED) is 0.506. The van der Waals surface area contributed by atoms with Crippen molar-refractivity contribution < 1.29 is 24.0 Å². The molecule has 0 aliphatic carbocycles. The van der Waals surface area contributed by atoms with Crippen LogP contribution in [0.4, 0.5) is 10.5 Å². The molecule has 0 heterocycles. The number of carbonyl (C=O) groups excluding carboxylic acids is 2. The summed E-state index contributed by atoms with van der Waals surface area (Å²) in [5, 5.41) is 13.2. The Morgan fingerprint density at radius 2 is 1.83 bits per heavy atom. The van der Waals surface area contributed by atoms with E-state index in [1.807, 2.05) is 0 Å². The zero-order chi connectivity index (χ0) is 17.6. The third-order valence-corrected chi connectivity index (χ3v) is 2.84. The number of nitrogens with one attached hydrogen (secondary N) is 1. The number of nitrogens with zero attached hydrogens (tertiary/aromatic N) is 1. The second kappa shape index (κ2) is 7.57. The fraction of sp³-hybridized carbons (Fsp3) is 0.467. The van der Waals surface area contributed by atoms with E-state index >= 15 is 0 Å². The van der Waals surface area contributed by atoms with Crippen LogP contribution in [0, 0.1) is 10.1 Å². The van der Waals surface area contributed by atoms with E-state index in [0.717, 1.165) is 0 Å². The first-order valence-electron chi connectivity index (χ1n) is 6.93. The van der Waals surface area contributed by atoms with E-state index in [9.17, 15) is 19.7 Å². The largest absolute Gasteiger partial charge is 0.468 e. The van der Waals surface area contributed by atoms with Crippen LogP contribution >= 0.6 is 0 Å². The molecule has 0 aliphatic heterocycles. The molecular weight excluding hydrogens is 304 g/mol. The monoisotopic (exact) mass is 324 g/mol. The van der Waals surface area contributed by atoms with Crippen molar-refractivity contribution in [1.29, 1.82) is 0 Å². The summed E-state index contributed by atoms with van der Waals surface area (Å²) in [6.45, 7) is 5.13. The summed E-state index contributed by atoms with van der Waals surface area (Å²) in [4.78, 5) is 33.7. The summed E-state index contributed by atoms with van der Waals surface area (Å²) in [6, 6.07) is 5.49. The minimum absolute atomic E-state index is 0.0423. The van der Waals surface area contributed by atoms with Gasteiger partial charge < -0.3 is 14.8 Å². The molecule has 8 nitrogen and oxygen atoms in total. The van der Waals surface area contributed by atoms with E-state index in [4.69, 9.17) is 9.47 Å². The Balaban J connectivity index is 2.83. The lowest BCUT2D eigenvalue weighted by molar-refractivity contribution is -0.384. The zero-order valence-electron chi connectivity index (χ0n) is 13.5. The molecule has 8 heteroatoms. The van der Waals surface area contributed by atoms with E-state index in [0.29, 0.717) is 5.56 Å². The molecule has 1 aromatic carbocycles. The van der Waals surface area contributed by atoms with Crippen molar-refractivity contribution in [3.05, 3.63) is 39.9 Å². The van der Waals surface area contributed by atoms with Crippen LogP contribution in [0.25, 0.3) is 0 Å². The van der Waals surface area contributed by atoms with Gasteiger partial charge in [0.05, 0.1) is 18.0 Å². The highest BCUT2D eigenvalue weighted by Crippen LogP contribution is 2.20. The molecule has 1 aromatic rings. The van der Waals surface area contributed by atoms with E-state index in [1.165, 1.54) is 31.4 Å². The molecule has 126 valence electrons. The number of nitro benzene ring substituents is 1. The summed E-state index contributed by atoms with van der Waals surface area (Å²) in [5.74, 6) is -1.34. The van der Waals surface area contributed by atoms with E-state index < -0.39 is 28.5 Å². The van der Waals surface area contributed by atoms with Gasteiger partial charge in [0, 0.05) is 18.7 Å². The average Bonchev–Trinajstić information content (AvgIpc) is 2.45. The van der Waals surface area contributed by atoms with Crippen LogP contribution in [-0.4, -0.2) is 36.2 Å². The number of carbonyl (C=O) groups is 2. The van der Waals surface area contributed by atoms with Gasteiger partial charge in [0.1, 0.15) is 5.60 Å². The maximum atomic E-state index is 11.9. The van der Waals surface area contributed by atoms with Gasteiger partial charge in [-0.3, -0.25) is 14.9 Å². The average molecular weight is 324 g/mol. The molecule has 1 unspecified atom stereocenters. The molecule has 23 heavy (non-hydrogen) atoms. The van der Waals surface area contributed by atoms with Crippen LogP contribution in [0.5, 0.6) is 0 Å². The fourth-order valence-electron chi connectivity index (χ4n) is 1.81. The highest BCUT2D eigenvalue weighted by atomic mass is 16.6. The molecule has 0 spiro atoms. The van der Waals surface area contributed by atoms with Gasteiger partial charge in [-0.2, -0.15) is 0 Å². The van der Waals surface area contributed by atoms with Crippen molar-refractivity contribution in [3.8, 4) is 0 Å². The molecule has 1 N–H and O–H groups in total. The van der Waals surface area contributed by atoms with Gasteiger partial charge >= 0.3 is 12.1 Å². The van der Waals surface area contributed by atoms with Crippen LogP contribution in [-0.2, 0) is 14.3 Å². The minimum Gasteiger partial charge on any atom is -0.468 e. The highest BCUT2D eigenvalue weighted by molar-refractivity contribution is 5.79.